The van der Waals surface area contributed by atoms with Gasteiger partial charge >= 0.3 is 5.00 Å². The minimum Gasteiger partial charge on any atom is -0.353 e. The Bertz CT molecular complexity index is 776. The summed E-state index contributed by atoms with van der Waals surface area (Å²) in [7, 11) is 0. The average Bonchev–Trinajstić information content (AvgIpc) is 3.04. The lowest BCUT2D eigenvalue weighted by atomic mass is 10.1. The van der Waals surface area contributed by atoms with Gasteiger partial charge in [0.25, 0.3) is 5.91 Å². The van der Waals surface area contributed by atoms with Crippen molar-refractivity contribution in [2.45, 2.75) is 19.9 Å². The first kappa shape index (κ1) is 16.4. The van der Waals surface area contributed by atoms with E-state index in [2.05, 4.69) is 9.88 Å². The summed E-state index contributed by atoms with van der Waals surface area (Å²) in [6.07, 6.45) is 0. The Kier molecular flexibility index (Phi) is 4.48. The molecule has 0 aliphatic carbocycles. The van der Waals surface area contributed by atoms with Gasteiger partial charge in [-0.3, -0.25) is 14.9 Å². The summed E-state index contributed by atoms with van der Waals surface area (Å²) in [5, 5.41) is 12.3. The van der Waals surface area contributed by atoms with Crippen LogP contribution in [0.3, 0.4) is 0 Å². The van der Waals surface area contributed by atoms with Gasteiger partial charge in [-0.25, -0.2) is 4.98 Å². The maximum atomic E-state index is 12.6. The number of amides is 1. The number of pyridine rings is 1. The Morgan fingerprint density at radius 2 is 2.21 bits per heavy atom. The number of hydrogen-bond acceptors (Lipinski definition) is 6. The van der Waals surface area contributed by atoms with Crippen LogP contribution in [0.25, 0.3) is 0 Å². The molecule has 1 amide bonds. The molecule has 0 spiro atoms. The van der Waals surface area contributed by atoms with Gasteiger partial charge in [-0.05, 0) is 26.0 Å². The van der Waals surface area contributed by atoms with Gasteiger partial charge in [-0.2, -0.15) is 0 Å². The summed E-state index contributed by atoms with van der Waals surface area (Å²) in [6.45, 7) is 5.89. The molecule has 1 atom stereocenters. The van der Waals surface area contributed by atoms with E-state index in [0.29, 0.717) is 25.2 Å². The highest BCUT2D eigenvalue weighted by Crippen LogP contribution is 2.25. The first-order chi connectivity index (χ1) is 11.5. The number of carbonyl (C=O) groups excluding carboxylic acids is 1. The summed E-state index contributed by atoms with van der Waals surface area (Å²) in [4.78, 5) is 31.4. The highest BCUT2D eigenvalue weighted by Gasteiger charge is 2.30. The van der Waals surface area contributed by atoms with Crippen molar-refractivity contribution < 1.29 is 9.72 Å². The number of hydrogen-bond donors (Lipinski definition) is 0. The van der Waals surface area contributed by atoms with Gasteiger partial charge in [-0.1, -0.05) is 17.4 Å². The Morgan fingerprint density at radius 3 is 2.83 bits per heavy atom. The summed E-state index contributed by atoms with van der Waals surface area (Å²) in [5.41, 5.74) is 1.35. The number of rotatable bonds is 3. The lowest BCUT2D eigenvalue weighted by molar-refractivity contribution is -0.380. The monoisotopic (exact) mass is 346 g/mol. The van der Waals surface area contributed by atoms with Gasteiger partial charge < -0.3 is 9.80 Å². The third-order valence-electron chi connectivity index (χ3n) is 4.10. The number of nitro groups is 1. The zero-order valence-electron chi connectivity index (χ0n) is 13.5. The molecule has 1 fully saturated rings. The molecule has 0 N–H and O–H groups in total. The van der Waals surface area contributed by atoms with Gasteiger partial charge in [0.05, 0.1) is 10.5 Å². The normalized spacial score (nSPS) is 17.8. The van der Waals surface area contributed by atoms with Crippen molar-refractivity contribution in [1.29, 1.82) is 0 Å². The van der Waals surface area contributed by atoms with Gasteiger partial charge in [0.15, 0.2) is 0 Å². The molecule has 7 nitrogen and oxygen atoms in total. The zero-order chi connectivity index (χ0) is 17.3. The van der Waals surface area contributed by atoms with Crippen molar-refractivity contribution in [1.82, 2.24) is 9.88 Å². The minimum atomic E-state index is -0.466. The molecule has 126 valence electrons. The quantitative estimate of drug-likeness (QED) is 0.630. The highest BCUT2D eigenvalue weighted by atomic mass is 32.1. The number of thiophene rings is 1. The predicted molar refractivity (Wildman–Crippen MR) is 92.7 cm³/mol. The molecular weight excluding hydrogens is 328 g/mol. The number of anilines is 1. The Labute approximate surface area is 143 Å². The highest BCUT2D eigenvalue weighted by molar-refractivity contribution is 7.13. The molecule has 1 saturated heterocycles. The number of nitrogens with zero attached hydrogens (tertiary/aromatic N) is 4. The second-order valence-electron chi connectivity index (χ2n) is 5.86. The van der Waals surface area contributed by atoms with Crippen LogP contribution in [0.1, 0.15) is 23.0 Å². The van der Waals surface area contributed by atoms with Crippen LogP contribution >= 0.6 is 11.3 Å². The third kappa shape index (κ3) is 3.23. The third-order valence-corrected chi connectivity index (χ3v) is 4.98. The number of aryl methyl sites for hydroxylation is 1. The SMILES string of the molecule is Cc1cccc(N2CCN(C(=O)c3csc([N+](=O)[O-])c3)C(C)C2)n1. The second kappa shape index (κ2) is 6.56. The predicted octanol–water partition coefficient (Wildman–Crippen LogP) is 2.71. The molecule has 2 aromatic heterocycles. The molecule has 0 saturated carbocycles. The number of aromatic nitrogens is 1. The van der Waals surface area contributed by atoms with E-state index in [4.69, 9.17) is 0 Å². The first-order valence-corrected chi connectivity index (χ1v) is 8.56. The zero-order valence-corrected chi connectivity index (χ0v) is 14.3. The van der Waals surface area contributed by atoms with Crippen LogP contribution < -0.4 is 4.90 Å². The van der Waals surface area contributed by atoms with E-state index >= 15 is 0 Å². The van der Waals surface area contributed by atoms with Crippen LogP contribution in [0.15, 0.2) is 29.6 Å². The van der Waals surface area contributed by atoms with E-state index in [9.17, 15) is 14.9 Å². The van der Waals surface area contributed by atoms with Crippen LogP contribution in [-0.4, -0.2) is 46.4 Å². The molecular formula is C16H18N4O3S. The topological polar surface area (TPSA) is 79.6 Å². The van der Waals surface area contributed by atoms with Crippen LogP contribution in [0, 0.1) is 17.0 Å². The molecule has 1 aliphatic heterocycles. The first-order valence-electron chi connectivity index (χ1n) is 7.68. The van der Waals surface area contributed by atoms with Crippen LogP contribution in [0.4, 0.5) is 10.8 Å². The van der Waals surface area contributed by atoms with E-state index in [1.165, 1.54) is 6.07 Å². The van der Waals surface area contributed by atoms with Crippen molar-refractivity contribution in [2.24, 2.45) is 0 Å². The van der Waals surface area contributed by atoms with Crippen molar-refractivity contribution >= 4 is 28.1 Å². The standard InChI is InChI=1S/C16H18N4O3S/c1-11-4-3-5-14(17-11)18-6-7-19(12(2)9-18)16(21)13-8-15(20(22)23)24-10-13/h3-5,8,10,12H,6-7,9H2,1-2H3. The summed E-state index contributed by atoms with van der Waals surface area (Å²) in [5.74, 6) is 0.767. The van der Waals surface area contributed by atoms with Crippen LogP contribution in [0.2, 0.25) is 0 Å². The lowest BCUT2D eigenvalue weighted by Gasteiger charge is -2.40. The summed E-state index contributed by atoms with van der Waals surface area (Å²) >= 11 is 0.983. The molecule has 1 aliphatic rings. The molecule has 24 heavy (non-hydrogen) atoms. The van der Waals surface area contributed by atoms with Crippen LogP contribution in [-0.2, 0) is 0 Å². The van der Waals surface area contributed by atoms with Crippen molar-refractivity contribution in [3.8, 4) is 0 Å². The van der Waals surface area contributed by atoms with E-state index in [-0.39, 0.29) is 17.0 Å². The Morgan fingerprint density at radius 1 is 1.42 bits per heavy atom. The molecule has 0 bridgehead atoms. The van der Waals surface area contributed by atoms with E-state index in [0.717, 1.165) is 22.8 Å². The lowest BCUT2D eigenvalue weighted by Crippen LogP contribution is -2.54. The minimum absolute atomic E-state index is 0.00593. The number of carbonyl (C=O) groups is 1. The molecule has 3 heterocycles. The summed E-state index contributed by atoms with van der Waals surface area (Å²) < 4.78 is 0. The van der Waals surface area contributed by atoms with Gasteiger partial charge in [0, 0.05) is 42.8 Å². The Balaban J connectivity index is 1.71. The second-order valence-corrected chi connectivity index (χ2v) is 6.75. The fourth-order valence-electron chi connectivity index (χ4n) is 2.87. The van der Waals surface area contributed by atoms with Crippen molar-refractivity contribution in [3.63, 3.8) is 0 Å². The molecule has 0 aromatic carbocycles. The number of piperazine rings is 1. The maximum Gasteiger partial charge on any atom is 0.324 e. The largest absolute Gasteiger partial charge is 0.353 e. The van der Waals surface area contributed by atoms with E-state index in [1.54, 1.807) is 10.3 Å². The fourth-order valence-corrected chi connectivity index (χ4v) is 3.57. The van der Waals surface area contributed by atoms with Crippen molar-refractivity contribution in [2.75, 3.05) is 24.5 Å². The summed E-state index contributed by atoms with van der Waals surface area (Å²) in [6, 6.07) is 7.27. The van der Waals surface area contributed by atoms with Gasteiger partial charge in [0.1, 0.15) is 5.82 Å². The smallest absolute Gasteiger partial charge is 0.324 e. The van der Waals surface area contributed by atoms with Gasteiger partial charge in [-0.15, -0.1) is 0 Å². The van der Waals surface area contributed by atoms with Crippen molar-refractivity contribution in [3.05, 3.63) is 51.0 Å². The molecule has 3 rings (SSSR count). The van der Waals surface area contributed by atoms with E-state index < -0.39 is 4.92 Å². The fraction of sp³-hybridized carbons (Fsp3) is 0.375. The molecule has 0 radical (unpaired) electrons. The molecule has 8 heteroatoms. The Hall–Kier alpha value is -2.48. The molecule has 1 unspecified atom stereocenters. The van der Waals surface area contributed by atoms with E-state index in [1.807, 2.05) is 32.0 Å². The van der Waals surface area contributed by atoms with Gasteiger partial charge in [0.2, 0.25) is 0 Å². The maximum absolute atomic E-state index is 12.6. The average molecular weight is 346 g/mol. The molecule has 2 aromatic rings. The van der Waals surface area contributed by atoms with Crippen LogP contribution in [0.5, 0.6) is 0 Å².